The molecule has 1 aliphatic carbocycles. The number of nitrogens with one attached hydrogen (secondary N) is 1. The molecule has 0 spiro atoms. The van der Waals surface area contributed by atoms with Crippen molar-refractivity contribution in [3.05, 3.63) is 59.9 Å². The van der Waals surface area contributed by atoms with E-state index in [1.807, 2.05) is 6.07 Å². The number of ether oxygens (including phenoxy) is 1. The number of sulfonamides is 1. The number of anilines is 1. The van der Waals surface area contributed by atoms with Gasteiger partial charge in [-0.05, 0) is 49.7 Å². The van der Waals surface area contributed by atoms with Crippen molar-refractivity contribution in [3.8, 4) is 0 Å². The summed E-state index contributed by atoms with van der Waals surface area (Å²) in [5, 5.41) is 9.76. The van der Waals surface area contributed by atoms with Gasteiger partial charge in [-0.1, -0.05) is 30.3 Å². The number of aliphatic hydroxyl groups is 1. The highest BCUT2D eigenvalue weighted by atomic mass is 32.2. The van der Waals surface area contributed by atoms with E-state index < -0.39 is 10.0 Å². The first-order valence-corrected chi connectivity index (χ1v) is 13.3. The zero-order valence-electron chi connectivity index (χ0n) is 18.6. The third-order valence-corrected chi connectivity index (χ3v) is 7.45. The molecule has 0 amide bonds. The predicted octanol–water partition coefficient (Wildman–Crippen LogP) is 2.81. The number of pyridine rings is 1. The Kier molecular flexibility index (Phi) is 7.45. The molecule has 2 aliphatic rings. The number of nitrogens with zero attached hydrogens (tertiary/aromatic N) is 2. The Morgan fingerprint density at radius 3 is 2.56 bits per heavy atom. The summed E-state index contributed by atoms with van der Waals surface area (Å²) in [4.78, 5) is 6.27. The molecule has 2 fully saturated rings. The van der Waals surface area contributed by atoms with E-state index in [4.69, 9.17) is 4.74 Å². The smallest absolute Gasteiger partial charge is 0.209 e. The third kappa shape index (κ3) is 5.67. The van der Waals surface area contributed by atoms with Gasteiger partial charge < -0.3 is 14.7 Å². The van der Waals surface area contributed by atoms with E-state index in [1.165, 1.54) is 11.8 Å². The van der Waals surface area contributed by atoms with E-state index in [1.54, 1.807) is 12.4 Å². The van der Waals surface area contributed by atoms with Crippen LogP contribution in [0.2, 0.25) is 0 Å². The Balaban J connectivity index is 1.42. The van der Waals surface area contributed by atoms with Gasteiger partial charge in [-0.2, -0.15) is 0 Å². The van der Waals surface area contributed by atoms with Crippen LogP contribution in [-0.4, -0.2) is 56.1 Å². The molecule has 174 valence electrons. The average Bonchev–Trinajstić information content (AvgIpc) is 3.19. The number of hydrogen-bond donors (Lipinski definition) is 2. The molecule has 8 heteroatoms. The zero-order chi connectivity index (χ0) is 22.6. The van der Waals surface area contributed by atoms with Gasteiger partial charge in [0.1, 0.15) is 0 Å². The van der Waals surface area contributed by atoms with Crippen molar-refractivity contribution < 1.29 is 18.3 Å². The summed E-state index contributed by atoms with van der Waals surface area (Å²) in [7, 11) is -3.34. The molecular weight excluding hydrogens is 426 g/mol. The van der Waals surface area contributed by atoms with Crippen molar-refractivity contribution in [2.45, 2.75) is 62.8 Å². The topological polar surface area (TPSA) is 91.8 Å². The minimum Gasteiger partial charge on any atom is -0.392 e. The molecule has 2 aromatic rings. The molecular formula is C24H33N3O4S. The summed E-state index contributed by atoms with van der Waals surface area (Å²) < 4.78 is 33.1. The maximum Gasteiger partial charge on any atom is 0.209 e. The Morgan fingerprint density at radius 1 is 1.12 bits per heavy atom. The third-order valence-electron chi connectivity index (χ3n) is 6.72. The van der Waals surface area contributed by atoms with Gasteiger partial charge in [0, 0.05) is 36.2 Å². The van der Waals surface area contributed by atoms with Crippen LogP contribution >= 0.6 is 0 Å². The van der Waals surface area contributed by atoms with Crippen LogP contribution in [0.15, 0.2) is 48.8 Å². The van der Waals surface area contributed by atoms with Crippen molar-refractivity contribution in [2.24, 2.45) is 0 Å². The first-order valence-electron chi connectivity index (χ1n) is 11.4. The molecule has 32 heavy (non-hydrogen) atoms. The highest BCUT2D eigenvalue weighted by Gasteiger charge is 2.37. The van der Waals surface area contributed by atoms with Crippen LogP contribution in [0.25, 0.3) is 0 Å². The first kappa shape index (κ1) is 23.2. The van der Waals surface area contributed by atoms with Gasteiger partial charge in [-0.3, -0.25) is 4.98 Å². The lowest BCUT2D eigenvalue weighted by Gasteiger charge is -2.34. The summed E-state index contributed by atoms with van der Waals surface area (Å²) in [6, 6.07) is 12.2. The Hall–Kier alpha value is -2.00. The molecule has 0 bridgehead atoms. The van der Waals surface area contributed by atoms with Crippen molar-refractivity contribution in [3.63, 3.8) is 0 Å². The summed E-state index contributed by atoms with van der Waals surface area (Å²) in [6.07, 6.45) is 9.66. The molecule has 4 rings (SSSR count). The summed E-state index contributed by atoms with van der Waals surface area (Å²) in [6.45, 7) is 1.03. The van der Waals surface area contributed by atoms with Crippen molar-refractivity contribution in [1.29, 1.82) is 0 Å². The molecule has 2 heterocycles. The summed E-state index contributed by atoms with van der Waals surface area (Å²) >= 11 is 0. The second kappa shape index (κ2) is 10.3. The van der Waals surface area contributed by atoms with Gasteiger partial charge in [-0.15, -0.1) is 0 Å². The molecule has 1 aliphatic heterocycles. The molecule has 0 unspecified atom stereocenters. The van der Waals surface area contributed by atoms with Crippen LogP contribution in [0.3, 0.4) is 0 Å². The maximum absolute atomic E-state index is 12.0. The Morgan fingerprint density at radius 2 is 1.88 bits per heavy atom. The van der Waals surface area contributed by atoms with Crippen LogP contribution in [-0.2, 0) is 21.4 Å². The minimum absolute atomic E-state index is 0.110. The average molecular weight is 460 g/mol. The van der Waals surface area contributed by atoms with Crippen molar-refractivity contribution in [1.82, 2.24) is 9.71 Å². The lowest BCUT2D eigenvalue weighted by atomic mass is 9.83. The van der Waals surface area contributed by atoms with Crippen LogP contribution in [0.1, 0.15) is 49.1 Å². The fourth-order valence-electron chi connectivity index (χ4n) is 5.12. The number of rotatable bonds is 8. The van der Waals surface area contributed by atoms with E-state index in [0.29, 0.717) is 25.5 Å². The van der Waals surface area contributed by atoms with Crippen LogP contribution in [0.4, 0.5) is 5.69 Å². The van der Waals surface area contributed by atoms with E-state index >= 15 is 0 Å². The Labute approximate surface area is 190 Å². The molecule has 7 nitrogen and oxygen atoms in total. The number of benzene rings is 1. The summed E-state index contributed by atoms with van der Waals surface area (Å²) in [5.74, 6) is 0.586. The fourth-order valence-corrected chi connectivity index (χ4v) is 5.94. The minimum atomic E-state index is -3.34. The molecule has 1 saturated carbocycles. The SMILES string of the molecule is CS(=O)(=O)N[C@H]1CCN(c2ccncc2CO)[C@H]1COC1CCC(c2ccccc2)CC1. The zero-order valence-corrected chi connectivity index (χ0v) is 19.4. The molecule has 1 saturated heterocycles. The lowest BCUT2D eigenvalue weighted by Crippen LogP contribution is -2.48. The van der Waals surface area contributed by atoms with Gasteiger partial charge in [0.2, 0.25) is 10.0 Å². The highest BCUT2D eigenvalue weighted by Crippen LogP contribution is 2.35. The first-order chi connectivity index (χ1) is 15.4. The second-order valence-corrected chi connectivity index (χ2v) is 10.7. The van der Waals surface area contributed by atoms with Gasteiger partial charge in [0.05, 0.1) is 31.6 Å². The van der Waals surface area contributed by atoms with Crippen molar-refractivity contribution >= 4 is 15.7 Å². The number of aromatic nitrogens is 1. The Bertz CT molecular complexity index is 978. The molecule has 0 radical (unpaired) electrons. The fraction of sp³-hybridized carbons (Fsp3) is 0.542. The quantitative estimate of drug-likeness (QED) is 0.631. The van der Waals surface area contributed by atoms with Gasteiger partial charge in [-0.25, -0.2) is 13.1 Å². The summed E-state index contributed by atoms with van der Waals surface area (Å²) in [5.41, 5.74) is 3.03. The van der Waals surface area contributed by atoms with Crippen molar-refractivity contribution in [2.75, 3.05) is 24.3 Å². The van der Waals surface area contributed by atoms with Crippen LogP contribution in [0, 0.1) is 0 Å². The molecule has 1 aromatic heterocycles. The van der Waals surface area contributed by atoms with Gasteiger partial charge in [0.15, 0.2) is 0 Å². The number of aliphatic hydroxyl groups excluding tert-OH is 1. The highest BCUT2D eigenvalue weighted by molar-refractivity contribution is 7.88. The largest absolute Gasteiger partial charge is 0.392 e. The van der Waals surface area contributed by atoms with Crippen LogP contribution in [0.5, 0.6) is 0 Å². The van der Waals surface area contributed by atoms with E-state index in [9.17, 15) is 13.5 Å². The maximum atomic E-state index is 12.0. The van der Waals surface area contributed by atoms with E-state index in [0.717, 1.165) is 36.9 Å². The van der Waals surface area contributed by atoms with E-state index in [2.05, 4.69) is 44.9 Å². The predicted molar refractivity (Wildman–Crippen MR) is 125 cm³/mol. The van der Waals surface area contributed by atoms with Crippen LogP contribution < -0.4 is 9.62 Å². The second-order valence-electron chi connectivity index (χ2n) is 8.93. The van der Waals surface area contributed by atoms with E-state index in [-0.39, 0.29) is 24.8 Å². The lowest BCUT2D eigenvalue weighted by molar-refractivity contribution is 0.0156. The molecule has 2 atom stereocenters. The number of hydrogen-bond acceptors (Lipinski definition) is 6. The normalized spacial score (nSPS) is 26.4. The molecule has 1 aromatic carbocycles. The van der Waals surface area contributed by atoms with Gasteiger partial charge >= 0.3 is 0 Å². The van der Waals surface area contributed by atoms with Gasteiger partial charge in [0.25, 0.3) is 0 Å². The standard InChI is InChI=1S/C24H33N3O4S/c1-32(29,30)26-22-12-14-27(23-11-13-25-15-20(23)16-28)24(22)17-31-21-9-7-19(8-10-21)18-5-3-2-4-6-18/h2-6,11,13,15,19,21-22,24,26,28H,7-10,12,14,16-17H2,1H3/t19?,21?,22-,24-/m0/s1. The monoisotopic (exact) mass is 459 g/mol. The molecule has 2 N–H and O–H groups in total.